The van der Waals surface area contributed by atoms with Gasteiger partial charge in [-0.1, -0.05) is 18.2 Å². The van der Waals surface area contributed by atoms with Gasteiger partial charge in [-0.15, -0.1) is 11.3 Å². The predicted molar refractivity (Wildman–Crippen MR) is 66.6 cm³/mol. The summed E-state index contributed by atoms with van der Waals surface area (Å²) in [5.74, 6) is -1.56. The molecule has 1 aromatic carbocycles. The fraction of sp³-hybridized carbons (Fsp3) is 0.167. The first-order valence-electron chi connectivity index (χ1n) is 5.05. The van der Waals surface area contributed by atoms with Gasteiger partial charge in [0.2, 0.25) is 0 Å². The molecule has 0 saturated heterocycles. The predicted octanol–water partition coefficient (Wildman–Crippen LogP) is 1.76. The standard InChI is InChI=1S/C12H11NO3S/c1-13-10(12(15)16)11(14)8-6-17-9-5-3-2-4-7(8)9/h2-6,10,13H,1H3,(H,15,16). The molecule has 0 aliphatic carbocycles. The van der Waals surface area contributed by atoms with E-state index in [0.717, 1.165) is 10.1 Å². The van der Waals surface area contributed by atoms with Crippen molar-refractivity contribution in [2.45, 2.75) is 6.04 Å². The molecule has 1 atom stereocenters. The molecule has 0 spiro atoms. The summed E-state index contributed by atoms with van der Waals surface area (Å²) in [6, 6.07) is 6.27. The molecule has 2 aromatic rings. The maximum atomic E-state index is 12.1. The van der Waals surface area contributed by atoms with Crippen LogP contribution in [-0.2, 0) is 4.79 Å². The molecule has 88 valence electrons. The number of carbonyl (C=O) groups is 2. The molecule has 0 radical (unpaired) electrons. The molecule has 5 heteroatoms. The fourth-order valence-electron chi connectivity index (χ4n) is 1.69. The number of Topliss-reactive ketones (excluding diaryl/α,β-unsaturated/α-hetero) is 1. The van der Waals surface area contributed by atoms with Gasteiger partial charge in [-0.2, -0.15) is 0 Å². The number of ketones is 1. The van der Waals surface area contributed by atoms with Crippen LogP contribution in [0, 0.1) is 0 Å². The van der Waals surface area contributed by atoms with E-state index in [1.54, 1.807) is 5.38 Å². The van der Waals surface area contributed by atoms with Crippen molar-refractivity contribution in [1.82, 2.24) is 5.32 Å². The number of nitrogens with one attached hydrogen (secondary N) is 1. The highest BCUT2D eigenvalue weighted by Gasteiger charge is 2.27. The smallest absolute Gasteiger partial charge is 0.328 e. The van der Waals surface area contributed by atoms with Crippen LogP contribution in [0.25, 0.3) is 10.1 Å². The van der Waals surface area contributed by atoms with E-state index in [1.165, 1.54) is 18.4 Å². The molecule has 0 aliphatic heterocycles. The Hall–Kier alpha value is -1.72. The first-order chi connectivity index (χ1) is 8.15. The molecule has 2 rings (SSSR count). The number of benzene rings is 1. The maximum Gasteiger partial charge on any atom is 0.328 e. The van der Waals surface area contributed by atoms with Crippen molar-refractivity contribution in [3.8, 4) is 0 Å². The molecule has 1 heterocycles. The molecule has 17 heavy (non-hydrogen) atoms. The van der Waals surface area contributed by atoms with Gasteiger partial charge in [0.15, 0.2) is 11.8 Å². The summed E-state index contributed by atoms with van der Waals surface area (Å²) >= 11 is 1.44. The summed E-state index contributed by atoms with van der Waals surface area (Å²) in [4.78, 5) is 23.0. The topological polar surface area (TPSA) is 66.4 Å². The number of hydrogen-bond acceptors (Lipinski definition) is 4. The van der Waals surface area contributed by atoms with Crippen LogP contribution in [0.5, 0.6) is 0 Å². The third kappa shape index (κ3) is 2.07. The van der Waals surface area contributed by atoms with E-state index in [2.05, 4.69) is 5.32 Å². The fourth-order valence-corrected chi connectivity index (χ4v) is 2.64. The van der Waals surface area contributed by atoms with Crippen LogP contribution in [0.15, 0.2) is 29.6 Å². The van der Waals surface area contributed by atoms with Crippen LogP contribution in [-0.4, -0.2) is 29.9 Å². The Morgan fingerprint density at radius 2 is 2.06 bits per heavy atom. The van der Waals surface area contributed by atoms with E-state index >= 15 is 0 Å². The lowest BCUT2D eigenvalue weighted by Gasteiger charge is -2.08. The van der Waals surface area contributed by atoms with Crippen molar-refractivity contribution in [3.05, 3.63) is 35.2 Å². The highest BCUT2D eigenvalue weighted by molar-refractivity contribution is 7.17. The van der Waals surface area contributed by atoms with Crippen LogP contribution < -0.4 is 5.32 Å². The molecule has 2 N–H and O–H groups in total. The Bertz CT molecular complexity index is 576. The second kappa shape index (κ2) is 4.65. The van der Waals surface area contributed by atoms with E-state index in [4.69, 9.17) is 5.11 Å². The maximum absolute atomic E-state index is 12.1. The quantitative estimate of drug-likeness (QED) is 0.640. The van der Waals surface area contributed by atoms with Crippen LogP contribution in [0.3, 0.4) is 0 Å². The second-order valence-corrected chi connectivity index (χ2v) is 4.48. The van der Waals surface area contributed by atoms with Gasteiger partial charge >= 0.3 is 5.97 Å². The minimum atomic E-state index is -1.19. The van der Waals surface area contributed by atoms with Crippen LogP contribution >= 0.6 is 11.3 Å². The summed E-state index contributed by atoms with van der Waals surface area (Å²) in [5, 5.41) is 14.0. The monoisotopic (exact) mass is 249 g/mol. The lowest BCUT2D eigenvalue weighted by Crippen LogP contribution is -2.41. The number of carbonyl (C=O) groups excluding carboxylic acids is 1. The van der Waals surface area contributed by atoms with Crippen LogP contribution in [0.4, 0.5) is 0 Å². The lowest BCUT2D eigenvalue weighted by molar-refractivity contribution is -0.137. The molecule has 0 amide bonds. The summed E-state index contributed by atoms with van der Waals surface area (Å²) in [5.41, 5.74) is 0.465. The van der Waals surface area contributed by atoms with Gasteiger partial charge in [-0.3, -0.25) is 9.59 Å². The highest BCUT2D eigenvalue weighted by Crippen LogP contribution is 2.26. The minimum Gasteiger partial charge on any atom is -0.480 e. The SMILES string of the molecule is CNC(C(=O)O)C(=O)c1csc2ccccc12. The number of rotatable bonds is 4. The van der Waals surface area contributed by atoms with Crippen molar-refractivity contribution in [1.29, 1.82) is 0 Å². The van der Waals surface area contributed by atoms with Gasteiger partial charge in [0.1, 0.15) is 0 Å². The van der Waals surface area contributed by atoms with Crippen molar-refractivity contribution in [2.75, 3.05) is 7.05 Å². The normalized spacial score (nSPS) is 12.5. The average molecular weight is 249 g/mol. The number of likely N-dealkylation sites (N-methyl/N-ethyl adjacent to an activating group) is 1. The van der Waals surface area contributed by atoms with Crippen molar-refractivity contribution >= 4 is 33.2 Å². The van der Waals surface area contributed by atoms with E-state index in [0.29, 0.717) is 5.56 Å². The number of carboxylic acid groups (broad SMARTS) is 1. The minimum absolute atomic E-state index is 0.405. The van der Waals surface area contributed by atoms with E-state index < -0.39 is 17.8 Å². The summed E-state index contributed by atoms with van der Waals surface area (Å²) in [6.45, 7) is 0. The Kier molecular flexibility index (Phi) is 3.21. The molecule has 0 fully saturated rings. The zero-order chi connectivity index (χ0) is 12.4. The molecule has 4 nitrogen and oxygen atoms in total. The lowest BCUT2D eigenvalue weighted by atomic mass is 10.0. The molecular formula is C12H11NO3S. The Balaban J connectivity index is 2.46. The van der Waals surface area contributed by atoms with E-state index in [1.807, 2.05) is 24.3 Å². The zero-order valence-electron chi connectivity index (χ0n) is 9.14. The molecule has 0 aliphatic rings. The van der Waals surface area contributed by atoms with E-state index in [-0.39, 0.29) is 0 Å². The zero-order valence-corrected chi connectivity index (χ0v) is 9.95. The number of aliphatic carboxylic acids is 1. The van der Waals surface area contributed by atoms with Gasteiger partial charge < -0.3 is 10.4 Å². The van der Waals surface area contributed by atoms with E-state index in [9.17, 15) is 9.59 Å². The summed E-state index contributed by atoms with van der Waals surface area (Å²) in [6.07, 6.45) is 0. The van der Waals surface area contributed by atoms with Crippen molar-refractivity contribution in [2.24, 2.45) is 0 Å². The third-order valence-corrected chi connectivity index (χ3v) is 3.51. The Morgan fingerprint density at radius 3 is 2.71 bits per heavy atom. The molecule has 1 unspecified atom stereocenters. The summed E-state index contributed by atoms with van der Waals surface area (Å²) < 4.78 is 0.982. The number of fused-ring (bicyclic) bond motifs is 1. The first kappa shape index (κ1) is 11.8. The van der Waals surface area contributed by atoms with Crippen LogP contribution in [0.1, 0.15) is 10.4 Å². The molecule has 0 bridgehead atoms. The van der Waals surface area contributed by atoms with Crippen LogP contribution in [0.2, 0.25) is 0 Å². The summed E-state index contributed by atoms with van der Waals surface area (Å²) in [7, 11) is 1.46. The second-order valence-electron chi connectivity index (χ2n) is 3.57. The molecule has 0 saturated carbocycles. The van der Waals surface area contributed by atoms with Gasteiger partial charge in [-0.05, 0) is 13.1 Å². The number of carboxylic acids is 1. The van der Waals surface area contributed by atoms with Crippen molar-refractivity contribution < 1.29 is 14.7 Å². The third-order valence-electron chi connectivity index (χ3n) is 2.54. The largest absolute Gasteiger partial charge is 0.480 e. The Morgan fingerprint density at radius 1 is 1.35 bits per heavy atom. The van der Waals surface area contributed by atoms with Gasteiger partial charge in [0.05, 0.1) is 0 Å². The average Bonchev–Trinajstić information content (AvgIpc) is 2.72. The number of thiophene rings is 1. The molecule has 1 aromatic heterocycles. The highest BCUT2D eigenvalue weighted by atomic mass is 32.1. The van der Waals surface area contributed by atoms with Gasteiger partial charge in [0.25, 0.3) is 0 Å². The first-order valence-corrected chi connectivity index (χ1v) is 5.93. The molecular weight excluding hydrogens is 238 g/mol. The van der Waals surface area contributed by atoms with Gasteiger partial charge in [-0.25, -0.2) is 0 Å². The van der Waals surface area contributed by atoms with Crippen molar-refractivity contribution in [3.63, 3.8) is 0 Å². The van der Waals surface area contributed by atoms with Gasteiger partial charge in [0, 0.05) is 21.0 Å². The Labute approximate surface area is 102 Å². The number of hydrogen-bond donors (Lipinski definition) is 2.